The molecule has 2 aromatic rings. The highest BCUT2D eigenvalue weighted by Crippen LogP contribution is 2.34. The van der Waals surface area contributed by atoms with Crippen LogP contribution in [-0.2, 0) is 4.79 Å². The Morgan fingerprint density at radius 2 is 1.80 bits per heavy atom. The molecule has 1 heterocycles. The predicted octanol–water partition coefficient (Wildman–Crippen LogP) is 4.90. The van der Waals surface area contributed by atoms with Gasteiger partial charge >= 0.3 is 6.18 Å². The number of rotatable bonds is 3. The van der Waals surface area contributed by atoms with Crippen molar-refractivity contribution < 1.29 is 27.2 Å². The molecule has 0 unspecified atom stereocenters. The Bertz CT molecular complexity index is 869. The summed E-state index contributed by atoms with van der Waals surface area (Å²) in [4.78, 5) is 26.3. The van der Waals surface area contributed by atoms with Crippen LogP contribution in [-0.4, -0.2) is 22.9 Å². The topological polar surface area (TPSA) is 59.1 Å². The van der Waals surface area contributed by atoms with E-state index in [9.17, 15) is 27.2 Å². The van der Waals surface area contributed by atoms with E-state index >= 15 is 0 Å². The van der Waals surface area contributed by atoms with Gasteiger partial charge in [0.1, 0.15) is 5.82 Å². The van der Waals surface area contributed by atoms with Gasteiger partial charge in [-0.25, -0.2) is 4.39 Å². The number of nitrogens with one attached hydrogen (secondary N) is 1. The Morgan fingerprint density at radius 3 is 2.36 bits per heavy atom. The van der Waals surface area contributed by atoms with Crippen molar-refractivity contribution in [1.82, 2.24) is 4.98 Å². The summed E-state index contributed by atoms with van der Waals surface area (Å²) >= 11 is 11.4. The molecule has 0 radical (unpaired) electrons. The van der Waals surface area contributed by atoms with E-state index in [1.54, 1.807) is 0 Å². The number of benzene rings is 1. The molecule has 0 bridgehead atoms. The molecule has 0 saturated carbocycles. The normalized spacial score (nSPS) is 11.3. The second-order valence-electron chi connectivity index (χ2n) is 4.84. The van der Waals surface area contributed by atoms with E-state index in [1.807, 2.05) is 0 Å². The summed E-state index contributed by atoms with van der Waals surface area (Å²) < 4.78 is 52.4. The van der Waals surface area contributed by atoms with Crippen LogP contribution in [0, 0.1) is 5.82 Å². The fraction of sp³-hybridized carbons (Fsp3) is 0.133. The largest absolute Gasteiger partial charge is 0.455 e. The van der Waals surface area contributed by atoms with E-state index in [0.717, 1.165) is 24.4 Å². The van der Waals surface area contributed by atoms with Crippen LogP contribution < -0.4 is 5.32 Å². The zero-order chi connectivity index (χ0) is 18.9. The molecule has 10 heteroatoms. The van der Waals surface area contributed by atoms with E-state index in [4.69, 9.17) is 23.2 Å². The maximum atomic E-state index is 14.5. The standard InChI is InChI=1S/C15H8Cl2F4N2O2/c1-6(24)23-11-4-10(22-5-9(11)17)7-2-3-8(16)12(13(7)18)14(25)15(19,20)21/h2-5H,1H3,(H,22,23,24). The molecular formula is C15H8Cl2F4N2O2. The van der Waals surface area contributed by atoms with Crippen LogP contribution in [0.3, 0.4) is 0 Å². The molecule has 25 heavy (non-hydrogen) atoms. The summed E-state index contributed by atoms with van der Waals surface area (Å²) in [7, 11) is 0. The summed E-state index contributed by atoms with van der Waals surface area (Å²) in [6.45, 7) is 1.21. The van der Waals surface area contributed by atoms with Crippen molar-refractivity contribution in [3.05, 3.63) is 45.8 Å². The smallest absolute Gasteiger partial charge is 0.325 e. The van der Waals surface area contributed by atoms with E-state index in [2.05, 4.69) is 10.3 Å². The Morgan fingerprint density at radius 1 is 1.16 bits per heavy atom. The molecule has 0 aliphatic heterocycles. The molecular weight excluding hydrogens is 387 g/mol. The first-order valence-electron chi connectivity index (χ1n) is 6.55. The first kappa shape index (κ1) is 19.1. The fourth-order valence-corrected chi connectivity index (χ4v) is 2.35. The Kier molecular flexibility index (Phi) is 5.34. The number of pyridine rings is 1. The number of hydrogen-bond acceptors (Lipinski definition) is 3. The number of ketones is 1. The summed E-state index contributed by atoms with van der Waals surface area (Å²) in [5.74, 6) is -4.35. The molecule has 1 amide bonds. The highest BCUT2D eigenvalue weighted by Gasteiger charge is 2.42. The average Bonchev–Trinajstić information content (AvgIpc) is 2.48. The molecule has 0 saturated heterocycles. The van der Waals surface area contributed by atoms with Crippen LogP contribution >= 0.6 is 23.2 Å². The second kappa shape index (κ2) is 6.97. The zero-order valence-electron chi connectivity index (χ0n) is 12.3. The van der Waals surface area contributed by atoms with Gasteiger partial charge in [-0.3, -0.25) is 14.6 Å². The Hall–Kier alpha value is -2.19. The minimum Gasteiger partial charge on any atom is -0.325 e. The molecule has 132 valence electrons. The maximum Gasteiger partial charge on any atom is 0.455 e. The number of aromatic nitrogens is 1. The van der Waals surface area contributed by atoms with Gasteiger partial charge in [0, 0.05) is 18.7 Å². The van der Waals surface area contributed by atoms with Gasteiger partial charge in [0.2, 0.25) is 5.91 Å². The van der Waals surface area contributed by atoms with Gasteiger partial charge in [-0.05, 0) is 18.2 Å². The highest BCUT2D eigenvalue weighted by atomic mass is 35.5. The van der Waals surface area contributed by atoms with Gasteiger partial charge < -0.3 is 5.32 Å². The number of amides is 1. The van der Waals surface area contributed by atoms with Gasteiger partial charge in [0.05, 0.1) is 27.0 Å². The number of carbonyl (C=O) groups is 2. The molecule has 1 aromatic heterocycles. The first-order valence-corrected chi connectivity index (χ1v) is 7.31. The Balaban J connectivity index is 2.62. The van der Waals surface area contributed by atoms with Crippen molar-refractivity contribution in [2.45, 2.75) is 13.1 Å². The van der Waals surface area contributed by atoms with Gasteiger partial charge in [-0.1, -0.05) is 23.2 Å². The van der Waals surface area contributed by atoms with Crippen LogP contribution in [0.15, 0.2) is 24.4 Å². The molecule has 0 aliphatic carbocycles. The van der Waals surface area contributed by atoms with Gasteiger partial charge in [-0.15, -0.1) is 0 Å². The van der Waals surface area contributed by atoms with Crippen LogP contribution in [0.4, 0.5) is 23.2 Å². The molecule has 0 aliphatic rings. The van der Waals surface area contributed by atoms with Crippen LogP contribution in [0.5, 0.6) is 0 Å². The zero-order valence-corrected chi connectivity index (χ0v) is 13.9. The minimum atomic E-state index is -5.29. The van der Waals surface area contributed by atoms with Crippen molar-refractivity contribution in [2.24, 2.45) is 0 Å². The molecule has 1 aromatic carbocycles. The molecule has 4 nitrogen and oxygen atoms in total. The molecule has 0 atom stereocenters. The number of carbonyl (C=O) groups excluding carboxylic acids is 2. The Labute approximate surface area is 148 Å². The van der Waals surface area contributed by atoms with E-state index < -0.39 is 39.8 Å². The molecule has 0 fully saturated rings. The lowest BCUT2D eigenvalue weighted by Crippen LogP contribution is -2.24. The number of alkyl halides is 3. The maximum absolute atomic E-state index is 14.5. The third-order valence-corrected chi connectivity index (χ3v) is 3.63. The van der Waals surface area contributed by atoms with E-state index in [1.165, 1.54) is 6.92 Å². The predicted molar refractivity (Wildman–Crippen MR) is 84.3 cm³/mol. The number of anilines is 1. The van der Waals surface area contributed by atoms with E-state index in [0.29, 0.717) is 0 Å². The number of halogens is 6. The van der Waals surface area contributed by atoms with Crippen LogP contribution in [0.2, 0.25) is 10.0 Å². The quantitative estimate of drug-likeness (QED) is 0.594. The van der Waals surface area contributed by atoms with E-state index in [-0.39, 0.29) is 16.4 Å². The molecule has 2 rings (SSSR count). The molecule has 1 N–H and O–H groups in total. The summed E-state index contributed by atoms with van der Waals surface area (Å²) in [6, 6.07) is 3.18. The van der Waals surface area contributed by atoms with Gasteiger partial charge in [0.15, 0.2) is 0 Å². The summed E-state index contributed by atoms with van der Waals surface area (Å²) in [6.07, 6.45) is -4.21. The summed E-state index contributed by atoms with van der Waals surface area (Å²) in [5, 5.41) is 1.73. The summed E-state index contributed by atoms with van der Waals surface area (Å²) in [5.41, 5.74) is -1.76. The fourth-order valence-electron chi connectivity index (χ4n) is 1.97. The van der Waals surface area contributed by atoms with Gasteiger partial charge in [-0.2, -0.15) is 13.2 Å². The van der Waals surface area contributed by atoms with Gasteiger partial charge in [0.25, 0.3) is 5.78 Å². The van der Waals surface area contributed by atoms with Crippen LogP contribution in [0.1, 0.15) is 17.3 Å². The van der Waals surface area contributed by atoms with Crippen molar-refractivity contribution in [3.63, 3.8) is 0 Å². The lowest BCUT2D eigenvalue weighted by molar-refractivity contribution is -0.114. The van der Waals surface area contributed by atoms with Crippen molar-refractivity contribution in [3.8, 4) is 11.3 Å². The lowest BCUT2D eigenvalue weighted by atomic mass is 10.0. The SMILES string of the molecule is CC(=O)Nc1cc(-c2ccc(Cl)c(C(=O)C(F)(F)F)c2F)ncc1Cl. The third kappa shape index (κ3) is 4.08. The lowest BCUT2D eigenvalue weighted by Gasteiger charge is -2.12. The number of nitrogens with zero attached hydrogens (tertiary/aromatic N) is 1. The van der Waals surface area contributed by atoms with Crippen molar-refractivity contribution in [1.29, 1.82) is 0 Å². The number of hydrogen-bond donors (Lipinski definition) is 1. The molecule has 0 spiro atoms. The third-order valence-electron chi connectivity index (χ3n) is 3.02. The monoisotopic (exact) mass is 394 g/mol. The van der Waals surface area contributed by atoms with Crippen LogP contribution in [0.25, 0.3) is 11.3 Å². The van der Waals surface area contributed by atoms with Crippen molar-refractivity contribution in [2.75, 3.05) is 5.32 Å². The second-order valence-corrected chi connectivity index (χ2v) is 5.66. The minimum absolute atomic E-state index is 0.0416. The average molecular weight is 395 g/mol. The first-order chi connectivity index (χ1) is 11.5. The highest BCUT2D eigenvalue weighted by molar-refractivity contribution is 6.34. The number of Topliss-reactive ketones (excluding diaryl/α,β-unsaturated/α-hetero) is 1. The van der Waals surface area contributed by atoms with Crippen molar-refractivity contribution >= 4 is 40.6 Å².